The zero-order valence-corrected chi connectivity index (χ0v) is 16.5. The molecule has 0 bridgehead atoms. The number of para-hydroxylation sites is 1. The predicted molar refractivity (Wildman–Crippen MR) is 111 cm³/mol. The SMILES string of the molecule is CC(=O)OCc1ccc(OC2CN(c3cccc(C(=O)O)c3-n3cccc3)C2)cc1. The molecule has 1 fully saturated rings. The fourth-order valence-electron chi connectivity index (χ4n) is 3.47. The van der Waals surface area contributed by atoms with Crippen LogP contribution >= 0.6 is 0 Å². The molecule has 0 atom stereocenters. The van der Waals surface area contributed by atoms with Crippen LogP contribution in [0.5, 0.6) is 5.75 Å². The molecule has 0 amide bonds. The van der Waals surface area contributed by atoms with Crippen molar-refractivity contribution in [2.75, 3.05) is 18.0 Å². The predicted octanol–water partition coefficient (Wildman–Crippen LogP) is 3.51. The second-order valence-electron chi connectivity index (χ2n) is 7.14. The second-order valence-corrected chi connectivity index (χ2v) is 7.14. The molecular weight excluding hydrogens is 384 g/mol. The van der Waals surface area contributed by atoms with E-state index in [4.69, 9.17) is 9.47 Å². The number of carbonyl (C=O) groups is 2. The van der Waals surface area contributed by atoms with E-state index >= 15 is 0 Å². The summed E-state index contributed by atoms with van der Waals surface area (Å²) in [4.78, 5) is 24.7. The average molecular weight is 406 g/mol. The van der Waals surface area contributed by atoms with Crippen LogP contribution in [0.1, 0.15) is 22.8 Å². The number of carboxylic acid groups (broad SMARTS) is 1. The summed E-state index contributed by atoms with van der Waals surface area (Å²) in [7, 11) is 0. The van der Waals surface area contributed by atoms with Gasteiger partial charge in [-0.05, 0) is 42.0 Å². The number of nitrogens with zero attached hydrogens (tertiary/aromatic N) is 2. The molecule has 0 aliphatic carbocycles. The van der Waals surface area contributed by atoms with Gasteiger partial charge in [-0.3, -0.25) is 4.79 Å². The molecule has 2 heterocycles. The van der Waals surface area contributed by atoms with Crippen molar-refractivity contribution in [2.24, 2.45) is 0 Å². The lowest BCUT2D eigenvalue weighted by atomic mass is 10.1. The standard InChI is InChI=1S/C23H22N2O5/c1-16(26)29-15-17-7-9-18(10-8-17)30-19-13-25(14-19)21-6-4-5-20(23(27)28)22(21)24-11-2-3-12-24/h2-12,19H,13-15H2,1H3,(H,27,28). The maximum atomic E-state index is 11.7. The van der Waals surface area contributed by atoms with Crippen molar-refractivity contribution in [3.05, 3.63) is 78.1 Å². The highest BCUT2D eigenvalue weighted by atomic mass is 16.5. The maximum absolute atomic E-state index is 11.7. The second kappa shape index (κ2) is 8.32. The molecule has 1 aromatic heterocycles. The number of aromatic carboxylic acids is 1. The normalized spacial score (nSPS) is 13.6. The Balaban J connectivity index is 1.43. The minimum Gasteiger partial charge on any atom is -0.487 e. The van der Waals surface area contributed by atoms with Gasteiger partial charge >= 0.3 is 11.9 Å². The van der Waals surface area contributed by atoms with Crippen molar-refractivity contribution in [1.29, 1.82) is 0 Å². The maximum Gasteiger partial charge on any atom is 0.337 e. The number of carbonyl (C=O) groups excluding carboxylic acids is 1. The molecule has 30 heavy (non-hydrogen) atoms. The van der Waals surface area contributed by atoms with E-state index in [1.165, 1.54) is 6.92 Å². The van der Waals surface area contributed by atoms with E-state index in [2.05, 4.69) is 4.90 Å². The lowest BCUT2D eigenvalue weighted by molar-refractivity contribution is -0.142. The molecule has 7 heteroatoms. The van der Waals surface area contributed by atoms with E-state index in [-0.39, 0.29) is 24.2 Å². The first-order valence-electron chi connectivity index (χ1n) is 9.65. The van der Waals surface area contributed by atoms with Gasteiger partial charge < -0.3 is 24.0 Å². The van der Waals surface area contributed by atoms with Crippen LogP contribution in [-0.2, 0) is 16.1 Å². The molecule has 1 N–H and O–H groups in total. The van der Waals surface area contributed by atoms with Gasteiger partial charge in [0.05, 0.1) is 30.0 Å². The molecule has 1 aliphatic rings. The number of anilines is 1. The molecule has 3 aromatic rings. The van der Waals surface area contributed by atoms with Gasteiger partial charge in [-0.15, -0.1) is 0 Å². The van der Waals surface area contributed by atoms with Gasteiger partial charge in [0.25, 0.3) is 0 Å². The summed E-state index contributed by atoms with van der Waals surface area (Å²) in [6.07, 6.45) is 3.70. The molecule has 0 unspecified atom stereocenters. The van der Waals surface area contributed by atoms with Crippen molar-refractivity contribution >= 4 is 17.6 Å². The summed E-state index contributed by atoms with van der Waals surface area (Å²) in [5, 5.41) is 9.62. The van der Waals surface area contributed by atoms with Gasteiger partial charge in [-0.2, -0.15) is 0 Å². The van der Waals surface area contributed by atoms with Crippen LogP contribution in [0.3, 0.4) is 0 Å². The first-order valence-corrected chi connectivity index (χ1v) is 9.65. The zero-order chi connectivity index (χ0) is 21.1. The van der Waals surface area contributed by atoms with Gasteiger partial charge in [0.2, 0.25) is 0 Å². The molecule has 1 saturated heterocycles. The quantitative estimate of drug-likeness (QED) is 0.605. The van der Waals surface area contributed by atoms with Crippen LogP contribution in [0.15, 0.2) is 67.0 Å². The number of hydrogen-bond donors (Lipinski definition) is 1. The Labute approximate surface area is 174 Å². The van der Waals surface area contributed by atoms with Crippen LogP contribution in [0.4, 0.5) is 5.69 Å². The lowest BCUT2D eigenvalue weighted by Crippen LogP contribution is -2.54. The minimum atomic E-state index is -0.956. The molecule has 4 rings (SSSR count). The summed E-state index contributed by atoms with van der Waals surface area (Å²) < 4.78 is 12.8. The smallest absolute Gasteiger partial charge is 0.337 e. The van der Waals surface area contributed by atoms with E-state index in [1.807, 2.05) is 59.4 Å². The number of rotatable bonds is 7. The van der Waals surface area contributed by atoms with Gasteiger partial charge in [-0.1, -0.05) is 18.2 Å². The zero-order valence-electron chi connectivity index (χ0n) is 16.5. The number of hydrogen-bond acceptors (Lipinski definition) is 5. The highest BCUT2D eigenvalue weighted by molar-refractivity contribution is 5.95. The van der Waals surface area contributed by atoms with E-state index in [1.54, 1.807) is 12.1 Å². The molecular formula is C23H22N2O5. The highest BCUT2D eigenvalue weighted by Gasteiger charge is 2.31. The molecule has 154 valence electrons. The lowest BCUT2D eigenvalue weighted by Gasteiger charge is -2.41. The minimum absolute atomic E-state index is 0.00955. The largest absolute Gasteiger partial charge is 0.487 e. The van der Waals surface area contributed by atoms with Crippen molar-refractivity contribution in [3.63, 3.8) is 0 Å². The molecule has 0 saturated carbocycles. The van der Waals surface area contributed by atoms with Crippen molar-refractivity contribution < 1.29 is 24.2 Å². The van der Waals surface area contributed by atoms with Crippen LogP contribution < -0.4 is 9.64 Å². The number of esters is 1. The van der Waals surface area contributed by atoms with Crippen LogP contribution in [-0.4, -0.2) is 40.8 Å². The molecule has 0 radical (unpaired) electrons. The highest BCUT2D eigenvalue weighted by Crippen LogP contribution is 2.32. The van der Waals surface area contributed by atoms with Crippen molar-refractivity contribution in [2.45, 2.75) is 19.6 Å². The average Bonchev–Trinajstić information content (AvgIpc) is 3.23. The third-order valence-corrected chi connectivity index (χ3v) is 4.96. The first kappa shape index (κ1) is 19.6. The van der Waals surface area contributed by atoms with E-state index in [0.29, 0.717) is 18.8 Å². The topological polar surface area (TPSA) is 81.0 Å². The first-order chi connectivity index (χ1) is 14.5. The Bertz CT molecular complexity index is 1040. The molecule has 7 nitrogen and oxygen atoms in total. The van der Waals surface area contributed by atoms with E-state index in [9.17, 15) is 14.7 Å². The fourth-order valence-corrected chi connectivity index (χ4v) is 3.47. The van der Waals surface area contributed by atoms with Crippen LogP contribution in [0, 0.1) is 0 Å². The van der Waals surface area contributed by atoms with Gasteiger partial charge in [0.1, 0.15) is 18.5 Å². The third-order valence-electron chi connectivity index (χ3n) is 4.96. The number of ether oxygens (including phenoxy) is 2. The number of benzene rings is 2. The Morgan fingerprint density at radius 1 is 1.03 bits per heavy atom. The molecule has 1 aliphatic heterocycles. The number of carboxylic acids is 1. The van der Waals surface area contributed by atoms with Gasteiger partial charge in [0, 0.05) is 19.3 Å². The Hall–Kier alpha value is -3.74. The fraction of sp³-hybridized carbons (Fsp3) is 0.217. The Morgan fingerprint density at radius 3 is 2.37 bits per heavy atom. The molecule has 0 spiro atoms. The summed E-state index contributed by atoms with van der Waals surface area (Å²) in [5.41, 5.74) is 2.68. The third kappa shape index (κ3) is 4.15. The number of aromatic nitrogens is 1. The monoisotopic (exact) mass is 406 g/mol. The van der Waals surface area contributed by atoms with Crippen molar-refractivity contribution in [1.82, 2.24) is 4.57 Å². The molecule has 2 aromatic carbocycles. The summed E-state index contributed by atoms with van der Waals surface area (Å²) in [6, 6.07) is 16.5. The summed E-state index contributed by atoms with van der Waals surface area (Å²) in [6.45, 7) is 2.95. The van der Waals surface area contributed by atoms with Gasteiger partial charge in [0.15, 0.2) is 0 Å². The van der Waals surface area contributed by atoms with Crippen LogP contribution in [0.2, 0.25) is 0 Å². The van der Waals surface area contributed by atoms with Crippen LogP contribution in [0.25, 0.3) is 5.69 Å². The van der Waals surface area contributed by atoms with E-state index < -0.39 is 5.97 Å². The summed E-state index contributed by atoms with van der Waals surface area (Å²) >= 11 is 0. The van der Waals surface area contributed by atoms with E-state index in [0.717, 1.165) is 17.0 Å². The van der Waals surface area contributed by atoms with Gasteiger partial charge in [-0.25, -0.2) is 4.79 Å². The summed E-state index contributed by atoms with van der Waals surface area (Å²) in [5.74, 6) is -0.519. The Morgan fingerprint density at radius 2 is 1.73 bits per heavy atom. The van der Waals surface area contributed by atoms with Crippen molar-refractivity contribution in [3.8, 4) is 11.4 Å². The Kier molecular flexibility index (Phi) is 5.43.